The number of anilines is 1. The Labute approximate surface area is 160 Å². The first-order valence-corrected chi connectivity index (χ1v) is 10.1. The minimum Gasteiger partial charge on any atom is -0.357 e. The maximum atomic E-state index is 12.7. The number of hydrogen-bond acceptors (Lipinski definition) is 5. The van der Waals surface area contributed by atoms with E-state index in [-0.39, 0.29) is 11.3 Å². The molecule has 1 heterocycles. The Kier molecular flexibility index (Phi) is 7.25. The van der Waals surface area contributed by atoms with Crippen molar-refractivity contribution in [3.8, 4) is 0 Å². The van der Waals surface area contributed by atoms with Gasteiger partial charge < -0.3 is 20.4 Å². The lowest BCUT2D eigenvalue weighted by Crippen LogP contribution is -2.49. The summed E-state index contributed by atoms with van der Waals surface area (Å²) in [5, 5.41) is 9.69. The van der Waals surface area contributed by atoms with Crippen LogP contribution in [-0.4, -0.2) is 63.0 Å². The minimum atomic E-state index is -0.307. The Hall–Kier alpha value is -1.83. The molecular formula is C18H32N6OS. The SMILES string of the molecule is CCNC(=NCc1csc(N(C)C)n1)NCC1(C(=O)N(C)C)CCCC1. The Morgan fingerprint density at radius 1 is 1.27 bits per heavy atom. The number of nitrogens with one attached hydrogen (secondary N) is 2. The zero-order valence-corrected chi connectivity index (χ0v) is 17.4. The number of thiazole rings is 1. The Morgan fingerprint density at radius 3 is 2.50 bits per heavy atom. The van der Waals surface area contributed by atoms with Gasteiger partial charge in [0.2, 0.25) is 5.91 Å². The van der Waals surface area contributed by atoms with E-state index in [9.17, 15) is 4.79 Å². The number of carbonyl (C=O) groups excluding carboxylic acids is 1. The molecule has 1 aromatic heterocycles. The molecule has 1 aromatic rings. The average molecular weight is 381 g/mol. The second-order valence-electron chi connectivity index (χ2n) is 7.25. The first-order chi connectivity index (χ1) is 12.4. The van der Waals surface area contributed by atoms with Gasteiger partial charge in [0.25, 0.3) is 0 Å². The zero-order valence-electron chi connectivity index (χ0n) is 16.6. The normalized spacial score (nSPS) is 16.4. The van der Waals surface area contributed by atoms with Gasteiger partial charge in [0.05, 0.1) is 17.7 Å². The largest absolute Gasteiger partial charge is 0.357 e. The van der Waals surface area contributed by atoms with Crippen molar-refractivity contribution in [2.75, 3.05) is 46.2 Å². The molecule has 1 fully saturated rings. The third-order valence-corrected chi connectivity index (χ3v) is 5.74. The molecule has 0 radical (unpaired) electrons. The number of aromatic nitrogens is 1. The van der Waals surface area contributed by atoms with E-state index in [4.69, 9.17) is 0 Å². The van der Waals surface area contributed by atoms with Gasteiger partial charge in [-0.15, -0.1) is 11.3 Å². The van der Waals surface area contributed by atoms with Crippen LogP contribution in [-0.2, 0) is 11.3 Å². The maximum Gasteiger partial charge on any atom is 0.230 e. The number of hydrogen-bond donors (Lipinski definition) is 2. The van der Waals surface area contributed by atoms with Gasteiger partial charge in [0.15, 0.2) is 11.1 Å². The summed E-state index contributed by atoms with van der Waals surface area (Å²) in [6.45, 7) is 3.96. The van der Waals surface area contributed by atoms with Crippen LogP contribution in [0, 0.1) is 5.41 Å². The molecule has 1 aliphatic carbocycles. The molecule has 2 rings (SSSR count). The second kappa shape index (κ2) is 9.21. The van der Waals surface area contributed by atoms with Crippen molar-refractivity contribution >= 4 is 28.3 Å². The van der Waals surface area contributed by atoms with Gasteiger partial charge in [-0.05, 0) is 19.8 Å². The summed E-state index contributed by atoms with van der Waals surface area (Å²) in [5.41, 5.74) is 0.647. The van der Waals surface area contributed by atoms with Gasteiger partial charge in [-0.3, -0.25) is 4.79 Å². The first-order valence-electron chi connectivity index (χ1n) is 9.23. The summed E-state index contributed by atoms with van der Waals surface area (Å²) in [4.78, 5) is 25.6. The van der Waals surface area contributed by atoms with Crippen LogP contribution in [0.1, 0.15) is 38.3 Å². The molecular weight excluding hydrogens is 348 g/mol. The predicted octanol–water partition coefficient (Wildman–Crippen LogP) is 1.91. The highest BCUT2D eigenvalue weighted by molar-refractivity contribution is 7.13. The van der Waals surface area contributed by atoms with E-state index in [2.05, 4.69) is 20.6 Å². The van der Waals surface area contributed by atoms with Crippen LogP contribution in [0.15, 0.2) is 10.4 Å². The molecule has 26 heavy (non-hydrogen) atoms. The number of carbonyl (C=O) groups is 1. The number of aliphatic imine (C=N–C) groups is 1. The summed E-state index contributed by atoms with van der Waals surface area (Å²) < 4.78 is 0. The summed E-state index contributed by atoms with van der Waals surface area (Å²) in [6.07, 6.45) is 4.10. The molecule has 0 saturated heterocycles. The monoisotopic (exact) mass is 380 g/mol. The van der Waals surface area contributed by atoms with E-state index in [1.54, 1.807) is 16.2 Å². The van der Waals surface area contributed by atoms with E-state index in [0.717, 1.165) is 49.0 Å². The highest BCUT2D eigenvalue weighted by Crippen LogP contribution is 2.38. The van der Waals surface area contributed by atoms with Crippen molar-refractivity contribution < 1.29 is 4.79 Å². The molecule has 146 valence electrons. The number of guanidine groups is 1. The summed E-state index contributed by atoms with van der Waals surface area (Å²) in [5.74, 6) is 0.957. The summed E-state index contributed by atoms with van der Waals surface area (Å²) in [6, 6.07) is 0. The first kappa shape index (κ1) is 20.5. The molecule has 8 heteroatoms. The Morgan fingerprint density at radius 2 is 1.96 bits per heavy atom. The van der Waals surface area contributed by atoms with Crippen LogP contribution >= 0.6 is 11.3 Å². The average Bonchev–Trinajstić information content (AvgIpc) is 3.26. The fourth-order valence-electron chi connectivity index (χ4n) is 3.32. The van der Waals surface area contributed by atoms with E-state index in [0.29, 0.717) is 13.1 Å². The third-order valence-electron chi connectivity index (χ3n) is 4.68. The lowest BCUT2D eigenvalue weighted by atomic mass is 9.84. The molecule has 1 saturated carbocycles. The predicted molar refractivity (Wildman–Crippen MR) is 109 cm³/mol. The smallest absolute Gasteiger partial charge is 0.230 e. The zero-order chi connectivity index (χ0) is 19.2. The molecule has 7 nitrogen and oxygen atoms in total. The van der Waals surface area contributed by atoms with Crippen LogP contribution in [0.5, 0.6) is 0 Å². The fraction of sp³-hybridized carbons (Fsp3) is 0.722. The van der Waals surface area contributed by atoms with Crippen molar-refractivity contribution in [3.63, 3.8) is 0 Å². The minimum absolute atomic E-state index is 0.216. The fourth-order valence-corrected chi connectivity index (χ4v) is 4.07. The van der Waals surface area contributed by atoms with Gasteiger partial charge >= 0.3 is 0 Å². The van der Waals surface area contributed by atoms with E-state index in [1.807, 2.05) is 45.4 Å². The number of amides is 1. The Balaban J connectivity index is 2.02. The van der Waals surface area contributed by atoms with Crippen LogP contribution < -0.4 is 15.5 Å². The van der Waals surface area contributed by atoms with Gasteiger partial charge in [-0.2, -0.15) is 0 Å². The van der Waals surface area contributed by atoms with Crippen LogP contribution in [0.3, 0.4) is 0 Å². The van der Waals surface area contributed by atoms with Crippen LogP contribution in [0.25, 0.3) is 0 Å². The van der Waals surface area contributed by atoms with Gasteiger partial charge in [-0.1, -0.05) is 12.8 Å². The van der Waals surface area contributed by atoms with Crippen molar-refractivity contribution in [1.82, 2.24) is 20.5 Å². The topological polar surface area (TPSA) is 72.9 Å². The van der Waals surface area contributed by atoms with Gasteiger partial charge in [0.1, 0.15) is 0 Å². The molecule has 0 atom stereocenters. The van der Waals surface area contributed by atoms with E-state index < -0.39 is 0 Å². The highest BCUT2D eigenvalue weighted by Gasteiger charge is 2.42. The maximum absolute atomic E-state index is 12.7. The van der Waals surface area contributed by atoms with Crippen LogP contribution in [0.4, 0.5) is 5.13 Å². The summed E-state index contributed by atoms with van der Waals surface area (Å²) >= 11 is 1.62. The molecule has 2 N–H and O–H groups in total. The van der Waals surface area contributed by atoms with Crippen molar-refractivity contribution in [2.24, 2.45) is 10.4 Å². The van der Waals surface area contributed by atoms with Crippen molar-refractivity contribution in [1.29, 1.82) is 0 Å². The molecule has 1 aliphatic rings. The van der Waals surface area contributed by atoms with Crippen molar-refractivity contribution in [2.45, 2.75) is 39.2 Å². The number of rotatable bonds is 7. The lowest BCUT2D eigenvalue weighted by Gasteiger charge is -2.31. The molecule has 0 bridgehead atoms. The third kappa shape index (κ3) is 5.09. The number of nitrogens with zero attached hydrogens (tertiary/aromatic N) is 4. The highest BCUT2D eigenvalue weighted by atomic mass is 32.1. The molecule has 0 unspecified atom stereocenters. The van der Waals surface area contributed by atoms with Crippen LogP contribution in [0.2, 0.25) is 0 Å². The molecule has 0 aliphatic heterocycles. The lowest BCUT2D eigenvalue weighted by molar-refractivity contribution is -0.138. The van der Waals surface area contributed by atoms with E-state index in [1.165, 1.54) is 0 Å². The molecule has 1 amide bonds. The van der Waals surface area contributed by atoms with Gasteiger partial charge in [-0.25, -0.2) is 9.98 Å². The standard InChI is InChI=1S/C18H32N6OS/c1-6-19-16(20-11-14-12-26-17(22-14)24(4)5)21-13-18(9-7-8-10-18)15(25)23(2)3/h12H,6-11,13H2,1-5H3,(H2,19,20,21). The van der Waals surface area contributed by atoms with E-state index >= 15 is 0 Å². The second-order valence-corrected chi connectivity index (χ2v) is 8.09. The summed E-state index contributed by atoms with van der Waals surface area (Å²) in [7, 11) is 7.65. The molecule has 0 spiro atoms. The van der Waals surface area contributed by atoms with Gasteiger partial charge in [0, 0.05) is 46.7 Å². The molecule has 0 aromatic carbocycles. The Bertz CT molecular complexity index is 619. The van der Waals surface area contributed by atoms with Crippen molar-refractivity contribution in [3.05, 3.63) is 11.1 Å². The quantitative estimate of drug-likeness (QED) is 0.558.